The molecule has 0 saturated carbocycles. The van der Waals surface area contributed by atoms with Gasteiger partial charge in [0, 0.05) is 10.9 Å². The Balaban J connectivity index is 2.86. The maximum atomic E-state index is 5.83. The maximum absolute atomic E-state index is 5.83. The third kappa shape index (κ3) is 2.21. The summed E-state index contributed by atoms with van der Waals surface area (Å²) in [4.78, 5) is 0. The molecular formula is C9H13ClN+. The molecule has 0 aliphatic heterocycles. The average molecular weight is 171 g/mol. The maximum Gasteiger partial charge on any atom is 0.0806 e. The molecule has 0 aliphatic rings. The van der Waals surface area contributed by atoms with Gasteiger partial charge >= 0.3 is 0 Å². The molecule has 3 N–H and O–H groups in total. The summed E-state index contributed by atoms with van der Waals surface area (Å²) in [5, 5.41) is 0.808. The fourth-order valence-electron chi connectivity index (χ4n) is 0.980. The summed E-state index contributed by atoms with van der Waals surface area (Å²) >= 11 is 5.83. The Hall–Kier alpha value is -0.530. The van der Waals surface area contributed by atoms with E-state index in [1.165, 1.54) is 5.56 Å². The molecule has 0 fully saturated rings. The van der Waals surface area contributed by atoms with Crippen molar-refractivity contribution in [3.05, 3.63) is 34.9 Å². The molecule has 1 unspecified atom stereocenters. The van der Waals surface area contributed by atoms with Gasteiger partial charge in [-0.05, 0) is 17.7 Å². The Bertz CT molecular complexity index is 235. The molecule has 1 aromatic rings. The van der Waals surface area contributed by atoms with Crippen LogP contribution in [-0.2, 0) is 0 Å². The molecule has 0 saturated heterocycles. The molecule has 1 atom stereocenters. The highest BCUT2D eigenvalue weighted by atomic mass is 35.5. The summed E-state index contributed by atoms with van der Waals surface area (Å²) in [6.07, 6.45) is 0. The van der Waals surface area contributed by atoms with E-state index in [0.717, 1.165) is 11.6 Å². The van der Waals surface area contributed by atoms with E-state index in [4.69, 9.17) is 11.6 Å². The fourth-order valence-corrected chi connectivity index (χ4v) is 1.18. The van der Waals surface area contributed by atoms with Gasteiger partial charge < -0.3 is 5.73 Å². The van der Waals surface area contributed by atoms with E-state index < -0.39 is 0 Å². The molecule has 0 aliphatic carbocycles. The first-order valence-electron chi connectivity index (χ1n) is 3.78. The second-order valence-electron chi connectivity index (χ2n) is 2.74. The minimum atomic E-state index is 0.508. The molecule has 1 nitrogen and oxygen atoms in total. The predicted octanol–water partition coefficient (Wildman–Crippen LogP) is 1.69. The van der Waals surface area contributed by atoms with Gasteiger partial charge in [-0.15, -0.1) is 0 Å². The van der Waals surface area contributed by atoms with Gasteiger partial charge in [-0.1, -0.05) is 30.7 Å². The number of hydrogen-bond donors (Lipinski definition) is 1. The Labute approximate surface area is 72.2 Å². The number of halogens is 1. The van der Waals surface area contributed by atoms with Gasteiger partial charge in [0.25, 0.3) is 0 Å². The molecule has 0 bridgehead atoms. The highest BCUT2D eigenvalue weighted by Gasteiger charge is 2.03. The molecule has 0 aromatic heterocycles. The quantitative estimate of drug-likeness (QED) is 0.700. The predicted molar refractivity (Wildman–Crippen MR) is 47.6 cm³/mol. The van der Waals surface area contributed by atoms with Crippen LogP contribution in [0.25, 0.3) is 0 Å². The van der Waals surface area contributed by atoms with E-state index in [9.17, 15) is 0 Å². The molecule has 0 heterocycles. The molecule has 0 radical (unpaired) electrons. The second kappa shape index (κ2) is 3.74. The minimum absolute atomic E-state index is 0.508. The van der Waals surface area contributed by atoms with E-state index in [1.807, 2.05) is 18.2 Å². The third-order valence-electron chi connectivity index (χ3n) is 1.85. The monoisotopic (exact) mass is 170 g/mol. The SMILES string of the molecule is CC(C[NH3+])c1cccc(Cl)c1. The molecule has 1 rings (SSSR count). The van der Waals surface area contributed by atoms with Crippen LogP contribution in [0.4, 0.5) is 0 Å². The summed E-state index contributed by atoms with van der Waals surface area (Å²) in [7, 11) is 0. The summed E-state index contributed by atoms with van der Waals surface area (Å²) < 4.78 is 0. The van der Waals surface area contributed by atoms with Crippen LogP contribution in [-0.4, -0.2) is 6.54 Å². The van der Waals surface area contributed by atoms with Gasteiger partial charge in [0.05, 0.1) is 6.54 Å². The minimum Gasteiger partial charge on any atom is -0.357 e. The Kier molecular flexibility index (Phi) is 2.92. The largest absolute Gasteiger partial charge is 0.357 e. The summed E-state index contributed by atoms with van der Waals surface area (Å²) in [5.74, 6) is 0.508. The lowest BCUT2D eigenvalue weighted by Crippen LogP contribution is -2.52. The van der Waals surface area contributed by atoms with Crippen molar-refractivity contribution in [1.29, 1.82) is 0 Å². The van der Waals surface area contributed by atoms with Crippen molar-refractivity contribution in [3.8, 4) is 0 Å². The van der Waals surface area contributed by atoms with Crippen molar-refractivity contribution >= 4 is 11.6 Å². The Morgan fingerprint density at radius 1 is 1.55 bits per heavy atom. The van der Waals surface area contributed by atoms with Crippen LogP contribution >= 0.6 is 11.6 Å². The molecule has 11 heavy (non-hydrogen) atoms. The van der Waals surface area contributed by atoms with Crippen LogP contribution in [0.15, 0.2) is 24.3 Å². The molecular weight excluding hydrogens is 158 g/mol. The van der Waals surface area contributed by atoms with Crippen molar-refractivity contribution in [2.75, 3.05) is 6.54 Å². The van der Waals surface area contributed by atoms with Gasteiger partial charge in [0.15, 0.2) is 0 Å². The van der Waals surface area contributed by atoms with Crippen molar-refractivity contribution in [2.24, 2.45) is 0 Å². The summed E-state index contributed by atoms with van der Waals surface area (Å²) in [6, 6.07) is 7.95. The van der Waals surface area contributed by atoms with E-state index >= 15 is 0 Å². The zero-order valence-electron chi connectivity index (χ0n) is 6.68. The van der Waals surface area contributed by atoms with Gasteiger partial charge in [-0.3, -0.25) is 0 Å². The van der Waals surface area contributed by atoms with Crippen molar-refractivity contribution in [3.63, 3.8) is 0 Å². The van der Waals surface area contributed by atoms with Crippen LogP contribution in [0.3, 0.4) is 0 Å². The van der Waals surface area contributed by atoms with Gasteiger partial charge in [0.1, 0.15) is 0 Å². The summed E-state index contributed by atoms with van der Waals surface area (Å²) in [5.41, 5.74) is 5.12. The lowest BCUT2D eigenvalue weighted by Gasteiger charge is -2.05. The summed E-state index contributed by atoms with van der Waals surface area (Å²) in [6.45, 7) is 3.07. The third-order valence-corrected chi connectivity index (χ3v) is 2.09. The van der Waals surface area contributed by atoms with Gasteiger partial charge in [-0.25, -0.2) is 0 Å². The zero-order valence-corrected chi connectivity index (χ0v) is 7.43. The normalized spacial score (nSPS) is 13.0. The van der Waals surface area contributed by atoms with Gasteiger partial charge in [-0.2, -0.15) is 0 Å². The fraction of sp³-hybridized carbons (Fsp3) is 0.333. The standard InChI is InChI=1S/C9H12ClN/c1-7(6-11)8-3-2-4-9(10)5-8/h2-5,7H,6,11H2,1H3/p+1. The van der Waals surface area contributed by atoms with Crippen molar-refractivity contribution in [1.82, 2.24) is 0 Å². The number of quaternary nitrogens is 1. The highest BCUT2D eigenvalue weighted by Crippen LogP contribution is 2.17. The molecule has 0 spiro atoms. The topological polar surface area (TPSA) is 27.6 Å². The van der Waals surface area contributed by atoms with Crippen LogP contribution in [0.5, 0.6) is 0 Å². The van der Waals surface area contributed by atoms with E-state index in [2.05, 4.69) is 18.7 Å². The molecule has 1 aromatic carbocycles. The molecule has 0 amide bonds. The Morgan fingerprint density at radius 2 is 2.27 bits per heavy atom. The van der Waals surface area contributed by atoms with Crippen LogP contribution in [0, 0.1) is 0 Å². The van der Waals surface area contributed by atoms with Crippen molar-refractivity contribution in [2.45, 2.75) is 12.8 Å². The van der Waals surface area contributed by atoms with E-state index in [0.29, 0.717) is 5.92 Å². The molecule has 60 valence electrons. The number of hydrogen-bond acceptors (Lipinski definition) is 0. The Morgan fingerprint density at radius 3 is 2.82 bits per heavy atom. The van der Waals surface area contributed by atoms with E-state index in [-0.39, 0.29) is 0 Å². The highest BCUT2D eigenvalue weighted by molar-refractivity contribution is 6.30. The van der Waals surface area contributed by atoms with Crippen LogP contribution in [0.1, 0.15) is 18.4 Å². The zero-order chi connectivity index (χ0) is 8.27. The molecule has 2 heteroatoms. The van der Waals surface area contributed by atoms with Crippen LogP contribution < -0.4 is 5.73 Å². The lowest BCUT2D eigenvalue weighted by atomic mass is 10.0. The number of rotatable bonds is 2. The second-order valence-corrected chi connectivity index (χ2v) is 3.18. The average Bonchev–Trinajstić information content (AvgIpc) is 2.03. The van der Waals surface area contributed by atoms with Crippen molar-refractivity contribution < 1.29 is 5.73 Å². The van der Waals surface area contributed by atoms with E-state index in [1.54, 1.807) is 0 Å². The lowest BCUT2D eigenvalue weighted by molar-refractivity contribution is -0.371. The first-order chi connectivity index (χ1) is 5.24. The van der Waals surface area contributed by atoms with Gasteiger partial charge in [0.2, 0.25) is 0 Å². The first-order valence-corrected chi connectivity index (χ1v) is 4.16. The smallest absolute Gasteiger partial charge is 0.0806 e. The van der Waals surface area contributed by atoms with Crippen LogP contribution in [0.2, 0.25) is 5.02 Å². The first kappa shape index (κ1) is 8.57. The number of benzene rings is 1.